The van der Waals surface area contributed by atoms with Crippen molar-refractivity contribution in [3.8, 4) is 0 Å². The number of carbonyl (C=O) groups is 2. The third kappa shape index (κ3) is 5.94. The molecule has 2 atom stereocenters. The van der Waals surface area contributed by atoms with Gasteiger partial charge in [-0.25, -0.2) is 4.79 Å². The molecule has 0 aromatic heterocycles. The van der Waals surface area contributed by atoms with Crippen LogP contribution >= 0.6 is 0 Å². The van der Waals surface area contributed by atoms with Crippen molar-refractivity contribution >= 4 is 12.0 Å². The molecule has 5 nitrogen and oxygen atoms in total. The standard InChI is InChI=1S/C14H26N2O3/c1-3-12(9-13(17)18)10-15-14(19)16-7-4-5-11(2)6-8-16/h11-12H,3-10H2,1-2H3,(H,15,19)(H,17,18). The van der Waals surface area contributed by atoms with Crippen molar-refractivity contribution in [1.29, 1.82) is 0 Å². The summed E-state index contributed by atoms with van der Waals surface area (Å²) in [6.07, 6.45) is 4.18. The zero-order valence-electron chi connectivity index (χ0n) is 12.0. The fourth-order valence-corrected chi connectivity index (χ4v) is 2.42. The summed E-state index contributed by atoms with van der Waals surface area (Å²) < 4.78 is 0. The van der Waals surface area contributed by atoms with Crippen molar-refractivity contribution < 1.29 is 14.7 Å². The Bertz CT molecular complexity index is 307. The SMILES string of the molecule is CCC(CNC(=O)N1CCCC(C)CC1)CC(=O)O. The molecule has 1 rings (SSSR count). The van der Waals surface area contributed by atoms with E-state index in [2.05, 4.69) is 12.2 Å². The molecule has 2 unspecified atom stereocenters. The first-order valence-corrected chi connectivity index (χ1v) is 7.27. The van der Waals surface area contributed by atoms with E-state index in [-0.39, 0.29) is 18.4 Å². The number of aliphatic carboxylic acids is 1. The summed E-state index contributed by atoms with van der Waals surface area (Å²) in [5.74, 6) is -0.0924. The minimum atomic E-state index is -0.801. The number of nitrogens with one attached hydrogen (secondary N) is 1. The highest BCUT2D eigenvalue weighted by Gasteiger charge is 2.19. The van der Waals surface area contributed by atoms with Crippen LogP contribution in [0.25, 0.3) is 0 Å². The van der Waals surface area contributed by atoms with E-state index in [1.165, 1.54) is 6.42 Å². The smallest absolute Gasteiger partial charge is 0.317 e. The Balaban J connectivity index is 2.34. The van der Waals surface area contributed by atoms with Crippen molar-refractivity contribution in [1.82, 2.24) is 10.2 Å². The number of rotatable bonds is 5. The maximum absolute atomic E-state index is 12.0. The molecule has 1 heterocycles. The summed E-state index contributed by atoms with van der Waals surface area (Å²) in [4.78, 5) is 24.6. The maximum Gasteiger partial charge on any atom is 0.317 e. The zero-order valence-corrected chi connectivity index (χ0v) is 12.0. The molecule has 1 aliphatic heterocycles. The molecule has 0 saturated carbocycles. The summed E-state index contributed by atoms with van der Waals surface area (Å²) in [6, 6.07) is -0.0436. The third-order valence-electron chi connectivity index (χ3n) is 3.89. The van der Waals surface area contributed by atoms with Crippen LogP contribution in [0.1, 0.15) is 46.0 Å². The van der Waals surface area contributed by atoms with E-state index in [0.717, 1.165) is 32.4 Å². The molecule has 1 aliphatic rings. The Labute approximate surface area is 115 Å². The maximum atomic E-state index is 12.0. The van der Waals surface area contributed by atoms with E-state index in [1.807, 2.05) is 11.8 Å². The highest BCUT2D eigenvalue weighted by atomic mass is 16.4. The second-order valence-electron chi connectivity index (χ2n) is 5.58. The number of hydrogen-bond donors (Lipinski definition) is 2. The number of amides is 2. The van der Waals surface area contributed by atoms with E-state index < -0.39 is 5.97 Å². The van der Waals surface area contributed by atoms with Crippen molar-refractivity contribution in [2.45, 2.75) is 46.0 Å². The van der Waals surface area contributed by atoms with E-state index in [0.29, 0.717) is 12.5 Å². The molecule has 0 aromatic rings. The summed E-state index contributed by atoms with van der Waals surface area (Å²) in [5, 5.41) is 11.6. The lowest BCUT2D eigenvalue weighted by atomic mass is 10.0. The topological polar surface area (TPSA) is 69.6 Å². The van der Waals surface area contributed by atoms with Gasteiger partial charge in [-0.2, -0.15) is 0 Å². The summed E-state index contributed by atoms with van der Waals surface area (Å²) in [6.45, 7) is 6.25. The van der Waals surface area contributed by atoms with Gasteiger partial charge in [-0.3, -0.25) is 4.79 Å². The molecule has 0 aliphatic carbocycles. The normalized spacial score (nSPS) is 21.6. The van der Waals surface area contributed by atoms with Gasteiger partial charge in [0, 0.05) is 26.1 Å². The predicted molar refractivity (Wildman–Crippen MR) is 74.0 cm³/mol. The van der Waals surface area contributed by atoms with Gasteiger partial charge in [-0.15, -0.1) is 0 Å². The van der Waals surface area contributed by atoms with Gasteiger partial charge >= 0.3 is 12.0 Å². The van der Waals surface area contributed by atoms with Gasteiger partial charge in [-0.05, 0) is 31.1 Å². The van der Waals surface area contributed by atoms with Gasteiger partial charge in [-0.1, -0.05) is 20.3 Å². The zero-order chi connectivity index (χ0) is 14.3. The first-order valence-electron chi connectivity index (χ1n) is 7.27. The van der Waals surface area contributed by atoms with Gasteiger partial charge in [0.15, 0.2) is 0 Å². The summed E-state index contributed by atoms with van der Waals surface area (Å²) in [7, 11) is 0. The summed E-state index contributed by atoms with van der Waals surface area (Å²) >= 11 is 0. The highest BCUT2D eigenvalue weighted by Crippen LogP contribution is 2.16. The second-order valence-corrected chi connectivity index (χ2v) is 5.58. The van der Waals surface area contributed by atoms with Crippen LogP contribution < -0.4 is 5.32 Å². The molecule has 0 bridgehead atoms. The molecule has 1 fully saturated rings. The molecule has 2 N–H and O–H groups in total. The van der Waals surface area contributed by atoms with E-state index in [4.69, 9.17) is 5.11 Å². The monoisotopic (exact) mass is 270 g/mol. The molecule has 2 amide bonds. The van der Waals surface area contributed by atoms with E-state index in [1.54, 1.807) is 0 Å². The van der Waals surface area contributed by atoms with Gasteiger partial charge in [0.05, 0.1) is 0 Å². The lowest BCUT2D eigenvalue weighted by Gasteiger charge is -2.22. The minimum absolute atomic E-state index is 0.0207. The van der Waals surface area contributed by atoms with Crippen LogP contribution in [-0.4, -0.2) is 41.6 Å². The Morgan fingerprint density at radius 1 is 1.37 bits per heavy atom. The molecule has 0 aromatic carbocycles. The minimum Gasteiger partial charge on any atom is -0.481 e. The second kappa shape index (κ2) is 8.02. The number of likely N-dealkylation sites (tertiary alicyclic amines) is 1. The molecule has 0 spiro atoms. The lowest BCUT2D eigenvalue weighted by Crippen LogP contribution is -2.42. The Kier molecular flexibility index (Phi) is 6.67. The first kappa shape index (κ1) is 15.8. The van der Waals surface area contributed by atoms with Crippen molar-refractivity contribution in [3.63, 3.8) is 0 Å². The molecule has 5 heteroatoms. The first-order chi connectivity index (χ1) is 9.02. The van der Waals surface area contributed by atoms with Gasteiger partial charge < -0.3 is 15.3 Å². The average Bonchev–Trinajstić information content (AvgIpc) is 2.58. The van der Waals surface area contributed by atoms with Crippen molar-refractivity contribution in [2.75, 3.05) is 19.6 Å². The largest absolute Gasteiger partial charge is 0.481 e. The Hall–Kier alpha value is -1.26. The molecular weight excluding hydrogens is 244 g/mol. The predicted octanol–water partition coefficient (Wildman–Crippen LogP) is 2.32. The average molecular weight is 270 g/mol. The third-order valence-corrected chi connectivity index (χ3v) is 3.89. The number of hydrogen-bond acceptors (Lipinski definition) is 2. The molecular formula is C14H26N2O3. The van der Waals surface area contributed by atoms with Crippen molar-refractivity contribution in [3.05, 3.63) is 0 Å². The van der Waals surface area contributed by atoms with Crippen LogP contribution in [0.15, 0.2) is 0 Å². The quantitative estimate of drug-likeness (QED) is 0.805. The molecule has 110 valence electrons. The van der Waals surface area contributed by atoms with E-state index >= 15 is 0 Å². The molecule has 1 saturated heterocycles. The van der Waals surface area contributed by atoms with Gasteiger partial charge in [0.1, 0.15) is 0 Å². The molecule has 0 radical (unpaired) electrons. The van der Waals surface area contributed by atoms with Crippen LogP contribution in [0, 0.1) is 11.8 Å². The fraction of sp³-hybridized carbons (Fsp3) is 0.857. The van der Waals surface area contributed by atoms with Crippen molar-refractivity contribution in [2.24, 2.45) is 11.8 Å². The number of carbonyl (C=O) groups excluding carboxylic acids is 1. The van der Waals surface area contributed by atoms with Crippen LogP contribution in [0.2, 0.25) is 0 Å². The number of nitrogens with zero attached hydrogens (tertiary/aromatic N) is 1. The van der Waals surface area contributed by atoms with E-state index in [9.17, 15) is 9.59 Å². The number of carboxylic acids is 1. The van der Waals surface area contributed by atoms with Crippen LogP contribution in [0.3, 0.4) is 0 Å². The van der Waals surface area contributed by atoms with Crippen LogP contribution in [0.5, 0.6) is 0 Å². The lowest BCUT2D eigenvalue weighted by molar-refractivity contribution is -0.138. The number of urea groups is 1. The van der Waals surface area contributed by atoms with Crippen LogP contribution in [-0.2, 0) is 4.79 Å². The fourth-order valence-electron chi connectivity index (χ4n) is 2.42. The Morgan fingerprint density at radius 2 is 2.11 bits per heavy atom. The Morgan fingerprint density at radius 3 is 2.74 bits per heavy atom. The molecule has 19 heavy (non-hydrogen) atoms. The van der Waals surface area contributed by atoms with Crippen LogP contribution in [0.4, 0.5) is 4.79 Å². The van der Waals surface area contributed by atoms with Gasteiger partial charge in [0.25, 0.3) is 0 Å². The highest BCUT2D eigenvalue weighted by molar-refractivity contribution is 5.74. The van der Waals surface area contributed by atoms with Gasteiger partial charge in [0.2, 0.25) is 0 Å². The number of carboxylic acid groups (broad SMARTS) is 1. The summed E-state index contributed by atoms with van der Waals surface area (Å²) in [5.41, 5.74) is 0.